The molecular weight excluding hydrogens is 478 g/mol. The van der Waals surface area contributed by atoms with Crippen molar-refractivity contribution < 1.29 is 9.59 Å². The second-order valence-electron chi connectivity index (χ2n) is 10.4. The van der Waals surface area contributed by atoms with Gasteiger partial charge in [0.2, 0.25) is 11.8 Å². The molecule has 1 aromatic carbocycles. The number of fused-ring (bicyclic) bond motifs is 1. The lowest BCUT2D eigenvalue weighted by molar-refractivity contribution is -0.132. The average molecular weight is 514 g/mol. The lowest BCUT2D eigenvalue weighted by Crippen LogP contribution is -2.47. The van der Waals surface area contributed by atoms with Crippen molar-refractivity contribution in [2.75, 3.05) is 18.0 Å². The van der Waals surface area contributed by atoms with E-state index in [1.807, 2.05) is 27.7 Å². The summed E-state index contributed by atoms with van der Waals surface area (Å²) in [7, 11) is 0. The highest BCUT2D eigenvalue weighted by Crippen LogP contribution is 2.27. The van der Waals surface area contributed by atoms with Gasteiger partial charge in [-0.15, -0.1) is 0 Å². The van der Waals surface area contributed by atoms with E-state index in [0.29, 0.717) is 23.6 Å². The van der Waals surface area contributed by atoms with Crippen LogP contribution in [0.3, 0.4) is 0 Å². The molecule has 3 heterocycles. The summed E-state index contributed by atoms with van der Waals surface area (Å²) >= 11 is 0. The van der Waals surface area contributed by atoms with Gasteiger partial charge in [-0.05, 0) is 49.9 Å². The number of carbonyl (C=O) groups excluding carboxylic acids is 2. The number of imidazole rings is 1. The summed E-state index contributed by atoms with van der Waals surface area (Å²) in [6.07, 6.45) is 10.9. The number of benzene rings is 1. The minimum Gasteiger partial charge on any atom is -0.371 e. The van der Waals surface area contributed by atoms with Crippen LogP contribution in [0.4, 0.5) is 11.4 Å². The number of hydrogen-bond donors (Lipinski definition) is 1. The molecule has 198 valence electrons. The van der Waals surface area contributed by atoms with Crippen LogP contribution < -0.4 is 10.2 Å². The predicted molar refractivity (Wildman–Crippen MR) is 147 cm³/mol. The third kappa shape index (κ3) is 5.80. The first-order valence-electron chi connectivity index (χ1n) is 13.6. The van der Waals surface area contributed by atoms with Gasteiger partial charge in [-0.3, -0.25) is 14.6 Å². The van der Waals surface area contributed by atoms with Crippen molar-refractivity contribution in [2.45, 2.75) is 77.0 Å². The lowest BCUT2D eigenvalue weighted by Gasteiger charge is -2.39. The topological polar surface area (TPSA) is 87.7 Å². The van der Waals surface area contributed by atoms with E-state index in [2.05, 4.69) is 20.0 Å². The number of rotatable bonds is 7. The van der Waals surface area contributed by atoms with Crippen LogP contribution in [0.5, 0.6) is 0 Å². The van der Waals surface area contributed by atoms with Crippen molar-refractivity contribution in [2.24, 2.45) is 0 Å². The standard InChI is InChI=1S/C29H35N7O2/c1-21(37)35(25-12-16-34(17-13-25)24-10-14-31-15-11-24)19-28-33-26-18-23(30-2)8-9-27(26)36(28)20-29(38)32-22-6-4-3-5-7-22/h8-11,14-15,18,22,25H,3-7,12-13,16-17,19-20H2,1H3,(H,32,38). The third-order valence-corrected chi connectivity index (χ3v) is 7.86. The first-order chi connectivity index (χ1) is 18.5. The quantitative estimate of drug-likeness (QED) is 0.472. The zero-order valence-corrected chi connectivity index (χ0v) is 22.0. The fourth-order valence-corrected chi connectivity index (χ4v) is 5.84. The molecule has 2 amide bonds. The van der Waals surface area contributed by atoms with Gasteiger partial charge in [-0.2, -0.15) is 0 Å². The van der Waals surface area contributed by atoms with Crippen LogP contribution in [0.25, 0.3) is 15.9 Å². The summed E-state index contributed by atoms with van der Waals surface area (Å²) in [5, 5.41) is 3.20. The van der Waals surface area contributed by atoms with E-state index in [9.17, 15) is 9.59 Å². The van der Waals surface area contributed by atoms with E-state index in [0.717, 1.165) is 62.8 Å². The molecule has 38 heavy (non-hydrogen) atoms. The number of aromatic nitrogens is 3. The van der Waals surface area contributed by atoms with Crippen LogP contribution in [0, 0.1) is 6.57 Å². The SMILES string of the molecule is [C-]#[N+]c1ccc2c(c1)nc(CN(C(C)=O)C1CCN(c3ccncc3)CC1)n2CC(=O)NC1CCCCC1. The number of anilines is 1. The molecule has 1 saturated heterocycles. The van der Waals surface area contributed by atoms with Crippen LogP contribution in [-0.4, -0.2) is 56.4 Å². The Labute approximate surface area is 223 Å². The number of nitrogens with zero attached hydrogens (tertiary/aromatic N) is 6. The van der Waals surface area contributed by atoms with Gasteiger partial charge in [0.25, 0.3) is 0 Å². The smallest absolute Gasteiger partial charge is 0.240 e. The van der Waals surface area contributed by atoms with E-state index in [1.165, 1.54) is 6.42 Å². The molecule has 0 radical (unpaired) electrons. The van der Waals surface area contributed by atoms with Crippen molar-refractivity contribution in [3.05, 3.63) is 60.0 Å². The maximum absolute atomic E-state index is 13.1. The van der Waals surface area contributed by atoms with Crippen LogP contribution in [0.15, 0.2) is 42.7 Å². The van der Waals surface area contributed by atoms with E-state index >= 15 is 0 Å². The van der Waals surface area contributed by atoms with Crippen molar-refractivity contribution in [3.8, 4) is 0 Å². The molecule has 9 nitrogen and oxygen atoms in total. The Morgan fingerprint density at radius 3 is 2.50 bits per heavy atom. The van der Waals surface area contributed by atoms with Crippen LogP contribution in [0.1, 0.15) is 57.7 Å². The van der Waals surface area contributed by atoms with E-state index < -0.39 is 0 Å². The van der Waals surface area contributed by atoms with Crippen molar-refractivity contribution >= 4 is 34.2 Å². The molecule has 1 aliphatic heterocycles. The molecule has 1 N–H and O–H groups in total. The van der Waals surface area contributed by atoms with Gasteiger partial charge in [0.05, 0.1) is 24.2 Å². The first kappa shape index (κ1) is 25.7. The highest BCUT2D eigenvalue weighted by Gasteiger charge is 2.28. The monoisotopic (exact) mass is 513 g/mol. The highest BCUT2D eigenvalue weighted by atomic mass is 16.2. The number of nitrogens with one attached hydrogen (secondary N) is 1. The van der Waals surface area contributed by atoms with Crippen molar-refractivity contribution in [1.82, 2.24) is 24.8 Å². The summed E-state index contributed by atoms with van der Waals surface area (Å²) < 4.78 is 1.92. The lowest BCUT2D eigenvalue weighted by atomic mass is 9.95. The Morgan fingerprint density at radius 2 is 1.82 bits per heavy atom. The summed E-state index contributed by atoms with van der Waals surface area (Å²) in [5.74, 6) is 0.638. The van der Waals surface area contributed by atoms with Gasteiger partial charge in [-0.25, -0.2) is 9.83 Å². The molecule has 0 atom stereocenters. The number of piperidine rings is 1. The zero-order chi connectivity index (χ0) is 26.5. The van der Waals surface area contributed by atoms with Gasteiger partial charge < -0.3 is 19.7 Å². The fraction of sp³-hybridized carbons (Fsp3) is 0.483. The molecule has 1 aliphatic carbocycles. The average Bonchev–Trinajstić information content (AvgIpc) is 3.28. The molecule has 0 bridgehead atoms. The normalized spacial score (nSPS) is 16.8. The molecule has 5 rings (SSSR count). The molecule has 3 aromatic rings. The number of hydrogen-bond acceptors (Lipinski definition) is 5. The summed E-state index contributed by atoms with van der Waals surface area (Å²) in [6, 6.07) is 9.72. The predicted octanol–water partition coefficient (Wildman–Crippen LogP) is 4.45. The van der Waals surface area contributed by atoms with Gasteiger partial charge in [0.1, 0.15) is 12.4 Å². The Balaban J connectivity index is 1.36. The number of amides is 2. The Bertz CT molecular complexity index is 1320. The third-order valence-electron chi connectivity index (χ3n) is 7.86. The fourth-order valence-electron chi connectivity index (χ4n) is 5.84. The van der Waals surface area contributed by atoms with E-state index in [-0.39, 0.29) is 30.4 Å². The second-order valence-corrected chi connectivity index (χ2v) is 10.4. The van der Waals surface area contributed by atoms with E-state index in [4.69, 9.17) is 11.6 Å². The number of carbonyl (C=O) groups is 2. The van der Waals surface area contributed by atoms with Gasteiger partial charge >= 0.3 is 0 Å². The minimum absolute atomic E-state index is 0.000489. The molecule has 1 saturated carbocycles. The molecular formula is C29H35N7O2. The van der Waals surface area contributed by atoms with Crippen LogP contribution in [-0.2, 0) is 22.7 Å². The van der Waals surface area contributed by atoms with E-state index in [1.54, 1.807) is 31.5 Å². The van der Waals surface area contributed by atoms with Gasteiger partial charge in [0, 0.05) is 50.2 Å². The maximum Gasteiger partial charge on any atom is 0.240 e. The first-order valence-corrected chi connectivity index (χ1v) is 13.6. The molecule has 0 unspecified atom stereocenters. The number of pyridine rings is 1. The molecule has 9 heteroatoms. The summed E-state index contributed by atoms with van der Waals surface area (Å²) in [6.45, 7) is 11.2. The van der Waals surface area contributed by atoms with Crippen molar-refractivity contribution in [3.63, 3.8) is 0 Å². The maximum atomic E-state index is 13.1. The highest BCUT2D eigenvalue weighted by molar-refractivity contribution is 5.84. The minimum atomic E-state index is -0.0354. The Morgan fingerprint density at radius 1 is 1.08 bits per heavy atom. The largest absolute Gasteiger partial charge is 0.371 e. The van der Waals surface area contributed by atoms with Gasteiger partial charge in [0.15, 0.2) is 5.69 Å². The van der Waals surface area contributed by atoms with Crippen molar-refractivity contribution in [1.29, 1.82) is 0 Å². The molecule has 2 aromatic heterocycles. The zero-order valence-electron chi connectivity index (χ0n) is 22.0. The van der Waals surface area contributed by atoms with Crippen LogP contribution >= 0.6 is 0 Å². The van der Waals surface area contributed by atoms with Crippen LogP contribution in [0.2, 0.25) is 0 Å². The van der Waals surface area contributed by atoms with Gasteiger partial charge in [-0.1, -0.05) is 25.3 Å². The Kier molecular flexibility index (Phi) is 7.87. The summed E-state index contributed by atoms with van der Waals surface area (Å²) in [4.78, 5) is 42.7. The Hall–Kier alpha value is -3.93. The molecule has 0 spiro atoms. The molecule has 2 fully saturated rings. The summed E-state index contributed by atoms with van der Waals surface area (Å²) in [5.41, 5.74) is 3.14. The molecule has 2 aliphatic rings. The second kappa shape index (κ2) is 11.6.